The largest absolute Gasteiger partial charge is 0.497 e. The Morgan fingerprint density at radius 1 is 1.06 bits per heavy atom. The molecule has 88 valence electrons. The van der Waals surface area contributed by atoms with Crippen molar-refractivity contribution in [1.29, 1.82) is 0 Å². The summed E-state index contributed by atoms with van der Waals surface area (Å²) in [5, 5.41) is 0. The third-order valence-corrected chi connectivity index (χ3v) is 3.85. The van der Waals surface area contributed by atoms with Crippen molar-refractivity contribution in [3.8, 4) is 5.75 Å². The minimum Gasteiger partial charge on any atom is -0.497 e. The Kier molecular flexibility index (Phi) is 3.52. The molecule has 0 saturated heterocycles. The first-order chi connectivity index (χ1) is 7.72. The van der Waals surface area contributed by atoms with E-state index in [1.54, 1.807) is 7.11 Å². The minimum absolute atomic E-state index is 0.535. The number of rotatable bonds is 3. The lowest BCUT2D eigenvalue weighted by Crippen LogP contribution is -2.22. The van der Waals surface area contributed by atoms with Crippen LogP contribution in [0.5, 0.6) is 5.75 Å². The maximum absolute atomic E-state index is 5.18. The van der Waals surface area contributed by atoms with Crippen LogP contribution < -0.4 is 4.74 Å². The molecule has 0 unspecified atom stereocenters. The lowest BCUT2D eigenvalue weighted by Gasteiger charge is -2.33. The van der Waals surface area contributed by atoms with Gasteiger partial charge in [-0.25, -0.2) is 0 Å². The van der Waals surface area contributed by atoms with Gasteiger partial charge in [0.25, 0.3) is 0 Å². The Morgan fingerprint density at radius 3 is 2.25 bits per heavy atom. The van der Waals surface area contributed by atoms with Gasteiger partial charge in [0.1, 0.15) is 5.75 Å². The average molecular weight is 218 g/mol. The summed E-state index contributed by atoms with van der Waals surface area (Å²) >= 11 is 0. The first-order valence-electron chi connectivity index (χ1n) is 6.35. The normalized spacial score (nSPS) is 19.4. The van der Waals surface area contributed by atoms with Gasteiger partial charge in [0.2, 0.25) is 0 Å². The Labute approximate surface area is 98.8 Å². The van der Waals surface area contributed by atoms with Crippen LogP contribution in [-0.2, 0) is 6.42 Å². The van der Waals surface area contributed by atoms with Crippen LogP contribution in [0.2, 0.25) is 0 Å². The molecule has 1 nitrogen and oxygen atoms in total. The molecule has 1 aromatic rings. The topological polar surface area (TPSA) is 9.23 Å². The molecule has 1 aliphatic rings. The van der Waals surface area contributed by atoms with Crippen LogP contribution in [-0.4, -0.2) is 7.11 Å². The van der Waals surface area contributed by atoms with Crippen molar-refractivity contribution in [2.24, 2.45) is 5.41 Å². The standard InChI is InChI=1S/C15H22O/c1-15(10-4-3-5-11-15)12-13-6-8-14(16-2)9-7-13/h6-9H,3-5,10-12H2,1-2H3. The zero-order valence-electron chi connectivity index (χ0n) is 10.5. The van der Waals surface area contributed by atoms with E-state index in [1.165, 1.54) is 44.1 Å². The van der Waals surface area contributed by atoms with E-state index in [1.807, 2.05) is 0 Å². The zero-order chi connectivity index (χ0) is 11.4. The Bertz CT molecular complexity index is 320. The molecule has 2 rings (SSSR count). The molecule has 0 N–H and O–H groups in total. The molecule has 0 bridgehead atoms. The second-order valence-electron chi connectivity index (χ2n) is 5.40. The van der Waals surface area contributed by atoms with E-state index in [9.17, 15) is 0 Å². The summed E-state index contributed by atoms with van der Waals surface area (Å²) < 4.78 is 5.18. The van der Waals surface area contributed by atoms with E-state index in [4.69, 9.17) is 4.74 Å². The molecule has 1 aliphatic carbocycles. The molecule has 0 aliphatic heterocycles. The average Bonchev–Trinajstić information content (AvgIpc) is 2.30. The second-order valence-corrected chi connectivity index (χ2v) is 5.40. The van der Waals surface area contributed by atoms with Crippen molar-refractivity contribution >= 4 is 0 Å². The molecular formula is C15H22O. The van der Waals surface area contributed by atoms with Crippen molar-refractivity contribution in [3.63, 3.8) is 0 Å². The highest BCUT2D eigenvalue weighted by molar-refractivity contribution is 5.27. The molecule has 1 aromatic carbocycles. The van der Waals surface area contributed by atoms with Crippen LogP contribution in [0.4, 0.5) is 0 Å². The number of methoxy groups -OCH3 is 1. The smallest absolute Gasteiger partial charge is 0.118 e. The van der Waals surface area contributed by atoms with Crippen LogP contribution >= 0.6 is 0 Å². The molecule has 0 aromatic heterocycles. The molecule has 0 spiro atoms. The van der Waals surface area contributed by atoms with Gasteiger partial charge in [-0.05, 0) is 42.4 Å². The van der Waals surface area contributed by atoms with E-state index in [-0.39, 0.29) is 0 Å². The van der Waals surface area contributed by atoms with Gasteiger partial charge >= 0.3 is 0 Å². The van der Waals surface area contributed by atoms with E-state index in [0.29, 0.717) is 5.41 Å². The summed E-state index contributed by atoms with van der Waals surface area (Å²) in [6, 6.07) is 8.56. The lowest BCUT2D eigenvalue weighted by molar-refractivity contribution is 0.215. The summed E-state index contributed by atoms with van der Waals surface area (Å²) in [5.41, 5.74) is 1.98. The number of ether oxygens (including phenoxy) is 1. The number of benzene rings is 1. The fourth-order valence-corrected chi connectivity index (χ4v) is 2.82. The van der Waals surface area contributed by atoms with Gasteiger partial charge in [-0.2, -0.15) is 0 Å². The summed E-state index contributed by atoms with van der Waals surface area (Å²) in [4.78, 5) is 0. The molecule has 0 heterocycles. The lowest BCUT2D eigenvalue weighted by atomic mass is 9.72. The molecule has 0 radical (unpaired) electrons. The van der Waals surface area contributed by atoms with Gasteiger partial charge in [0.15, 0.2) is 0 Å². The van der Waals surface area contributed by atoms with Crippen molar-refractivity contribution in [3.05, 3.63) is 29.8 Å². The first-order valence-corrected chi connectivity index (χ1v) is 6.35. The van der Waals surface area contributed by atoms with Gasteiger partial charge < -0.3 is 4.74 Å². The third-order valence-electron chi connectivity index (χ3n) is 3.85. The van der Waals surface area contributed by atoms with Crippen molar-refractivity contribution < 1.29 is 4.74 Å². The van der Waals surface area contributed by atoms with Crippen molar-refractivity contribution in [1.82, 2.24) is 0 Å². The Balaban J connectivity index is 2.01. The molecule has 1 heteroatoms. The molecule has 0 amide bonds. The third kappa shape index (κ3) is 2.78. The highest BCUT2D eigenvalue weighted by Gasteiger charge is 2.26. The van der Waals surface area contributed by atoms with Gasteiger partial charge in [-0.15, -0.1) is 0 Å². The van der Waals surface area contributed by atoms with E-state index in [0.717, 1.165) is 5.75 Å². The molecule has 1 saturated carbocycles. The van der Waals surface area contributed by atoms with Crippen molar-refractivity contribution in [2.75, 3.05) is 7.11 Å². The maximum atomic E-state index is 5.18. The highest BCUT2D eigenvalue weighted by atomic mass is 16.5. The highest BCUT2D eigenvalue weighted by Crippen LogP contribution is 2.38. The zero-order valence-corrected chi connectivity index (χ0v) is 10.5. The summed E-state index contributed by atoms with van der Waals surface area (Å²) in [5.74, 6) is 0.956. The van der Waals surface area contributed by atoms with E-state index < -0.39 is 0 Å². The summed E-state index contributed by atoms with van der Waals surface area (Å²) in [7, 11) is 1.72. The van der Waals surface area contributed by atoms with Crippen molar-refractivity contribution in [2.45, 2.75) is 45.4 Å². The molecule has 16 heavy (non-hydrogen) atoms. The van der Waals surface area contributed by atoms with Gasteiger partial charge in [-0.3, -0.25) is 0 Å². The minimum atomic E-state index is 0.535. The van der Waals surface area contributed by atoms with Gasteiger partial charge in [0, 0.05) is 0 Å². The monoisotopic (exact) mass is 218 g/mol. The quantitative estimate of drug-likeness (QED) is 0.738. The Morgan fingerprint density at radius 2 is 1.69 bits per heavy atom. The van der Waals surface area contributed by atoms with Crippen LogP contribution in [0.3, 0.4) is 0 Å². The maximum Gasteiger partial charge on any atom is 0.118 e. The summed E-state index contributed by atoms with van der Waals surface area (Å²) in [6.45, 7) is 2.44. The molecular weight excluding hydrogens is 196 g/mol. The Hall–Kier alpha value is -0.980. The fraction of sp³-hybridized carbons (Fsp3) is 0.600. The van der Waals surface area contributed by atoms with Crippen LogP contribution in [0, 0.1) is 5.41 Å². The summed E-state index contributed by atoms with van der Waals surface area (Å²) in [6.07, 6.45) is 8.24. The van der Waals surface area contributed by atoms with E-state index in [2.05, 4.69) is 31.2 Å². The SMILES string of the molecule is COc1ccc(CC2(C)CCCCC2)cc1. The predicted molar refractivity (Wildman–Crippen MR) is 67.9 cm³/mol. The van der Waals surface area contributed by atoms with Crippen LogP contribution in [0.15, 0.2) is 24.3 Å². The van der Waals surface area contributed by atoms with E-state index >= 15 is 0 Å². The number of hydrogen-bond acceptors (Lipinski definition) is 1. The fourth-order valence-electron chi connectivity index (χ4n) is 2.82. The molecule has 1 fully saturated rings. The van der Waals surface area contributed by atoms with Crippen LogP contribution in [0.1, 0.15) is 44.6 Å². The van der Waals surface area contributed by atoms with Gasteiger partial charge in [-0.1, -0.05) is 38.3 Å². The predicted octanol–water partition coefficient (Wildman–Crippen LogP) is 4.21. The molecule has 0 atom stereocenters. The van der Waals surface area contributed by atoms with Gasteiger partial charge in [0.05, 0.1) is 7.11 Å². The van der Waals surface area contributed by atoms with Crippen LogP contribution in [0.25, 0.3) is 0 Å². The second kappa shape index (κ2) is 4.90. The number of hydrogen-bond donors (Lipinski definition) is 0. The first kappa shape index (κ1) is 11.5.